The molecule has 7 nitrogen and oxygen atoms in total. The topological polar surface area (TPSA) is 93.7 Å². The van der Waals surface area contributed by atoms with Gasteiger partial charge in [0.1, 0.15) is 11.5 Å². The summed E-state index contributed by atoms with van der Waals surface area (Å²) in [6.07, 6.45) is -4.60. The van der Waals surface area contributed by atoms with E-state index in [2.05, 4.69) is 10.0 Å². The number of anilines is 2. The predicted molar refractivity (Wildman–Crippen MR) is 116 cm³/mol. The van der Waals surface area contributed by atoms with Gasteiger partial charge in [0.25, 0.3) is 15.9 Å². The average molecular weight is 480 g/mol. The second-order valence-corrected chi connectivity index (χ2v) is 8.38. The van der Waals surface area contributed by atoms with Gasteiger partial charge in [-0.25, -0.2) is 8.42 Å². The second kappa shape index (κ2) is 9.82. The molecule has 0 spiro atoms. The molecule has 0 atom stereocenters. The Kier molecular flexibility index (Phi) is 7.12. The summed E-state index contributed by atoms with van der Waals surface area (Å²) in [4.78, 5) is 11.9. The summed E-state index contributed by atoms with van der Waals surface area (Å²) in [5, 5.41) is 2.63. The number of halogens is 3. The molecular weight excluding hydrogens is 461 g/mol. The quantitative estimate of drug-likeness (QED) is 0.494. The maximum absolute atomic E-state index is 12.8. The molecule has 0 saturated heterocycles. The number of sulfonamides is 1. The summed E-state index contributed by atoms with van der Waals surface area (Å²) < 4.78 is 76.1. The molecule has 3 aromatic rings. The van der Waals surface area contributed by atoms with Crippen LogP contribution in [0.1, 0.15) is 5.56 Å². The van der Waals surface area contributed by atoms with Crippen LogP contribution in [0.5, 0.6) is 11.5 Å². The van der Waals surface area contributed by atoms with E-state index in [9.17, 15) is 26.4 Å². The van der Waals surface area contributed by atoms with Crippen molar-refractivity contribution in [3.8, 4) is 11.5 Å². The molecule has 0 fully saturated rings. The van der Waals surface area contributed by atoms with Crippen LogP contribution in [0.3, 0.4) is 0 Å². The first-order valence-corrected chi connectivity index (χ1v) is 10.9. The lowest BCUT2D eigenvalue weighted by molar-refractivity contribution is -0.137. The number of nitrogens with one attached hydrogen (secondary N) is 2. The van der Waals surface area contributed by atoms with Gasteiger partial charge in [-0.3, -0.25) is 9.52 Å². The van der Waals surface area contributed by atoms with Gasteiger partial charge < -0.3 is 14.8 Å². The molecule has 0 unspecified atom stereocenters. The Balaban J connectivity index is 1.62. The van der Waals surface area contributed by atoms with Crippen LogP contribution in [0.25, 0.3) is 0 Å². The minimum absolute atomic E-state index is 0.189. The molecule has 3 aromatic carbocycles. The van der Waals surface area contributed by atoms with Crippen molar-refractivity contribution >= 4 is 27.3 Å². The number of para-hydroxylation sites is 2. The fraction of sp³-hybridized carbons (Fsp3) is 0.136. The van der Waals surface area contributed by atoms with Crippen molar-refractivity contribution < 1.29 is 35.9 Å². The lowest BCUT2D eigenvalue weighted by Crippen LogP contribution is -2.20. The minimum atomic E-state index is -4.60. The Labute approximate surface area is 188 Å². The highest BCUT2D eigenvalue weighted by Gasteiger charge is 2.30. The molecule has 0 bridgehead atoms. The van der Waals surface area contributed by atoms with E-state index in [0.717, 1.165) is 12.1 Å². The highest BCUT2D eigenvalue weighted by atomic mass is 32.2. The highest BCUT2D eigenvalue weighted by molar-refractivity contribution is 7.92. The Morgan fingerprint density at radius 3 is 2.33 bits per heavy atom. The normalized spacial score (nSPS) is 11.5. The van der Waals surface area contributed by atoms with Crippen molar-refractivity contribution in [1.82, 2.24) is 0 Å². The summed E-state index contributed by atoms with van der Waals surface area (Å²) in [5.41, 5.74) is -0.730. The summed E-state index contributed by atoms with van der Waals surface area (Å²) in [7, 11) is -2.67. The van der Waals surface area contributed by atoms with Gasteiger partial charge in [0.2, 0.25) is 0 Å². The first-order chi connectivity index (χ1) is 15.6. The molecule has 11 heteroatoms. The number of carbonyl (C=O) groups excluding carboxylic acids is 1. The maximum Gasteiger partial charge on any atom is 0.416 e. The third-order valence-electron chi connectivity index (χ3n) is 4.33. The summed E-state index contributed by atoms with van der Waals surface area (Å²) >= 11 is 0. The number of rotatable bonds is 8. The molecule has 0 aromatic heterocycles. The lowest BCUT2D eigenvalue weighted by Gasteiger charge is -2.12. The highest BCUT2D eigenvalue weighted by Crippen LogP contribution is 2.31. The van der Waals surface area contributed by atoms with Crippen LogP contribution >= 0.6 is 0 Å². The van der Waals surface area contributed by atoms with Crippen LogP contribution in [0.2, 0.25) is 0 Å². The van der Waals surface area contributed by atoms with Gasteiger partial charge in [-0.15, -0.1) is 0 Å². The van der Waals surface area contributed by atoms with Crippen LogP contribution < -0.4 is 19.5 Å². The molecule has 3 rings (SSSR count). The Hall–Kier alpha value is -3.73. The number of ether oxygens (including phenoxy) is 2. The van der Waals surface area contributed by atoms with Crippen LogP contribution in [-0.2, 0) is 21.0 Å². The van der Waals surface area contributed by atoms with Crippen LogP contribution in [0, 0.1) is 0 Å². The fourth-order valence-electron chi connectivity index (χ4n) is 2.77. The maximum atomic E-state index is 12.8. The number of hydrogen-bond acceptors (Lipinski definition) is 5. The number of amides is 1. The third-order valence-corrected chi connectivity index (χ3v) is 5.72. The van der Waals surface area contributed by atoms with Crippen LogP contribution in [-0.4, -0.2) is 28.0 Å². The molecule has 174 valence electrons. The Morgan fingerprint density at radius 1 is 0.970 bits per heavy atom. The first-order valence-electron chi connectivity index (χ1n) is 9.44. The van der Waals surface area contributed by atoms with Crippen molar-refractivity contribution in [2.45, 2.75) is 11.1 Å². The number of hydrogen-bond donors (Lipinski definition) is 2. The van der Waals surface area contributed by atoms with Crippen molar-refractivity contribution in [2.75, 3.05) is 23.8 Å². The van der Waals surface area contributed by atoms with E-state index >= 15 is 0 Å². The van der Waals surface area contributed by atoms with Crippen LogP contribution in [0.4, 0.5) is 24.5 Å². The van der Waals surface area contributed by atoms with E-state index < -0.39 is 27.7 Å². The number of alkyl halides is 3. The molecule has 1 amide bonds. The molecular formula is C22H19F3N2O5S. The standard InChI is InChI=1S/C22H19F3N2O5S/c1-31-20-8-3-2-7-19(20)26-21(28)14-32-17-9-11-18(12-10-17)33(29,30)27-16-6-4-5-15(13-16)22(23,24)25/h2-13,27H,14H2,1H3,(H,26,28). The Bertz CT molecular complexity index is 1230. The average Bonchev–Trinajstić information content (AvgIpc) is 2.78. The Morgan fingerprint density at radius 2 is 1.67 bits per heavy atom. The van der Waals surface area contributed by atoms with Gasteiger partial charge in [-0.05, 0) is 54.6 Å². The van der Waals surface area contributed by atoms with E-state index in [0.29, 0.717) is 17.5 Å². The zero-order valence-electron chi connectivity index (χ0n) is 17.2. The molecule has 0 aliphatic heterocycles. The van der Waals surface area contributed by atoms with E-state index in [1.165, 1.54) is 37.4 Å². The van der Waals surface area contributed by atoms with Gasteiger partial charge in [-0.1, -0.05) is 18.2 Å². The lowest BCUT2D eigenvalue weighted by atomic mass is 10.2. The van der Waals surface area contributed by atoms with Crippen LogP contribution in [0.15, 0.2) is 77.7 Å². The number of benzene rings is 3. The molecule has 0 aliphatic carbocycles. The monoisotopic (exact) mass is 480 g/mol. The minimum Gasteiger partial charge on any atom is -0.495 e. The van der Waals surface area contributed by atoms with E-state index in [-0.39, 0.29) is 22.9 Å². The summed E-state index contributed by atoms with van der Waals surface area (Å²) in [6, 6.07) is 15.8. The molecule has 0 radical (unpaired) electrons. The van der Waals surface area contributed by atoms with E-state index in [1.807, 2.05) is 0 Å². The van der Waals surface area contributed by atoms with Gasteiger partial charge in [0, 0.05) is 5.69 Å². The molecule has 0 aliphatic rings. The predicted octanol–water partition coefficient (Wildman–Crippen LogP) is 4.53. The third kappa shape index (κ3) is 6.39. The van der Waals surface area contributed by atoms with Crippen molar-refractivity contribution in [2.24, 2.45) is 0 Å². The van der Waals surface area contributed by atoms with Crippen molar-refractivity contribution in [1.29, 1.82) is 0 Å². The second-order valence-electron chi connectivity index (χ2n) is 6.69. The van der Waals surface area contributed by atoms with Gasteiger partial charge in [0.15, 0.2) is 6.61 Å². The smallest absolute Gasteiger partial charge is 0.416 e. The van der Waals surface area contributed by atoms with Crippen molar-refractivity contribution in [3.63, 3.8) is 0 Å². The molecule has 0 saturated carbocycles. The summed E-state index contributed by atoms with van der Waals surface area (Å²) in [6.45, 7) is -0.341. The van der Waals surface area contributed by atoms with Gasteiger partial charge >= 0.3 is 6.18 Å². The summed E-state index contributed by atoms with van der Waals surface area (Å²) in [5.74, 6) is 0.249. The van der Waals surface area contributed by atoms with Crippen molar-refractivity contribution in [3.05, 3.63) is 78.4 Å². The number of carbonyl (C=O) groups is 1. The molecule has 33 heavy (non-hydrogen) atoms. The zero-order valence-corrected chi connectivity index (χ0v) is 18.0. The van der Waals surface area contributed by atoms with Gasteiger partial charge in [-0.2, -0.15) is 13.2 Å². The SMILES string of the molecule is COc1ccccc1NC(=O)COc1ccc(S(=O)(=O)Nc2cccc(C(F)(F)F)c2)cc1. The molecule has 2 N–H and O–H groups in total. The largest absolute Gasteiger partial charge is 0.495 e. The first kappa shape index (κ1) is 23.9. The van der Waals surface area contributed by atoms with Gasteiger partial charge in [0.05, 0.1) is 23.3 Å². The zero-order chi connectivity index (χ0) is 24.1. The number of methoxy groups -OCH3 is 1. The molecule has 0 heterocycles. The van der Waals surface area contributed by atoms with E-state index in [4.69, 9.17) is 9.47 Å². The fourth-order valence-corrected chi connectivity index (χ4v) is 3.82. The van der Waals surface area contributed by atoms with E-state index in [1.54, 1.807) is 24.3 Å².